The zero-order chi connectivity index (χ0) is 15.3. The predicted octanol–water partition coefficient (Wildman–Crippen LogP) is 2.15. The first-order valence-electron chi connectivity index (χ1n) is 6.90. The number of nitrogens with one attached hydrogen (secondary N) is 1. The van der Waals surface area contributed by atoms with Crippen LogP contribution >= 0.6 is 0 Å². The Kier molecular flexibility index (Phi) is 4.60. The van der Waals surface area contributed by atoms with Crippen LogP contribution in [0.5, 0.6) is 5.75 Å². The zero-order valence-electron chi connectivity index (χ0n) is 11.9. The lowest BCUT2D eigenvalue weighted by atomic mass is 9.86. The first-order valence-corrected chi connectivity index (χ1v) is 6.90. The molecule has 3 N–H and O–H groups in total. The number of phenolic OH excluding ortho intramolecular Hbond substituents is 1. The van der Waals surface area contributed by atoms with Gasteiger partial charge in [0.15, 0.2) is 0 Å². The first kappa shape index (κ1) is 15.1. The van der Waals surface area contributed by atoms with Crippen LogP contribution in [0.15, 0.2) is 54.6 Å². The Hall–Kier alpha value is -2.33. The average Bonchev–Trinajstić information content (AvgIpc) is 2.53. The van der Waals surface area contributed by atoms with Crippen molar-refractivity contribution >= 4 is 5.91 Å². The Morgan fingerprint density at radius 3 is 2.19 bits per heavy atom. The lowest BCUT2D eigenvalue weighted by Crippen LogP contribution is -2.41. The second-order valence-corrected chi connectivity index (χ2v) is 4.90. The summed E-state index contributed by atoms with van der Waals surface area (Å²) in [5, 5.41) is 23.2. The van der Waals surface area contributed by atoms with Crippen LogP contribution in [0.25, 0.3) is 0 Å². The van der Waals surface area contributed by atoms with E-state index in [0.29, 0.717) is 17.5 Å². The average molecular weight is 285 g/mol. The van der Waals surface area contributed by atoms with E-state index in [1.54, 1.807) is 19.1 Å². The van der Waals surface area contributed by atoms with Crippen molar-refractivity contribution in [1.29, 1.82) is 0 Å². The van der Waals surface area contributed by atoms with Crippen LogP contribution in [0, 0.1) is 0 Å². The van der Waals surface area contributed by atoms with E-state index in [1.165, 1.54) is 12.1 Å². The summed E-state index contributed by atoms with van der Waals surface area (Å²) in [6, 6.07) is 15.5. The fraction of sp³-hybridized carbons (Fsp3) is 0.235. The fourth-order valence-corrected chi connectivity index (χ4v) is 2.17. The van der Waals surface area contributed by atoms with Crippen LogP contribution in [0.4, 0.5) is 0 Å². The summed E-state index contributed by atoms with van der Waals surface area (Å²) in [5.41, 5.74) is -0.0326. The van der Waals surface area contributed by atoms with Gasteiger partial charge in [-0.2, -0.15) is 0 Å². The minimum atomic E-state index is -1.33. The van der Waals surface area contributed by atoms with Crippen LogP contribution < -0.4 is 5.32 Å². The number of phenols is 1. The van der Waals surface area contributed by atoms with Crippen LogP contribution in [0.1, 0.15) is 24.5 Å². The van der Waals surface area contributed by atoms with Crippen molar-refractivity contribution in [2.24, 2.45) is 0 Å². The first-order chi connectivity index (χ1) is 10.1. The van der Waals surface area contributed by atoms with Crippen molar-refractivity contribution < 1.29 is 15.0 Å². The monoisotopic (exact) mass is 285 g/mol. The molecule has 0 aliphatic heterocycles. The third-order valence-corrected chi connectivity index (χ3v) is 3.46. The van der Waals surface area contributed by atoms with Gasteiger partial charge in [-0.1, -0.05) is 49.4 Å². The Balaban J connectivity index is 2.38. The molecule has 2 aromatic rings. The molecule has 2 rings (SSSR count). The molecule has 4 nitrogen and oxygen atoms in total. The number of aliphatic hydroxyl groups is 1. The van der Waals surface area contributed by atoms with E-state index in [2.05, 4.69) is 5.32 Å². The highest BCUT2D eigenvalue weighted by Crippen LogP contribution is 2.30. The number of hydrogen-bond acceptors (Lipinski definition) is 3. The minimum absolute atomic E-state index is 0.0778. The number of hydrogen-bond donors (Lipinski definition) is 3. The molecule has 0 saturated heterocycles. The molecule has 0 aromatic heterocycles. The maximum Gasteiger partial charge on any atom is 0.219 e. The molecule has 0 heterocycles. The summed E-state index contributed by atoms with van der Waals surface area (Å²) in [4.78, 5) is 11.5. The van der Waals surface area contributed by atoms with Gasteiger partial charge in [-0.3, -0.25) is 4.79 Å². The van der Waals surface area contributed by atoms with E-state index in [0.717, 1.165) is 0 Å². The summed E-state index contributed by atoms with van der Waals surface area (Å²) < 4.78 is 0. The molecule has 1 amide bonds. The maximum absolute atomic E-state index is 11.5. The summed E-state index contributed by atoms with van der Waals surface area (Å²) in [7, 11) is 0. The second-order valence-electron chi connectivity index (χ2n) is 4.90. The predicted molar refractivity (Wildman–Crippen MR) is 80.8 cm³/mol. The highest BCUT2D eigenvalue weighted by molar-refractivity contribution is 5.75. The van der Waals surface area contributed by atoms with Crippen molar-refractivity contribution in [3.8, 4) is 5.75 Å². The number of rotatable bonds is 5. The van der Waals surface area contributed by atoms with Gasteiger partial charge in [-0.15, -0.1) is 0 Å². The fourth-order valence-electron chi connectivity index (χ4n) is 2.17. The highest BCUT2D eigenvalue weighted by Gasteiger charge is 2.31. The van der Waals surface area contributed by atoms with Crippen LogP contribution in [-0.2, 0) is 10.4 Å². The van der Waals surface area contributed by atoms with E-state index in [1.807, 2.05) is 30.3 Å². The number of carbonyl (C=O) groups is 1. The molecular formula is C17H19NO3. The Morgan fingerprint density at radius 2 is 1.62 bits per heavy atom. The molecule has 0 aliphatic rings. The minimum Gasteiger partial charge on any atom is -0.508 e. The molecule has 0 radical (unpaired) electrons. The quantitative estimate of drug-likeness (QED) is 0.788. The molecule has 0 spiro atoms. The summed E-state index contributed by atoms with van der Waals surface area (Å²) in [6.45, 7) is 1.84. The van der Waals surface area contributed by atoms with E-state index in [4.69, 9.17) is 0 Å². The van der Waals surface area contributed by atoms with E-state index in [9.17, 15) is 15.0 Å². The van der Waals surface area contributed by atoms with Crippen molar-refractivity contribution in [3.63, 3.8) is 0 Å². The van der Waals surface area contributed by atoms with Crippen LogP contribution in [0.2, 0.25) is 0 Å². The lowest BCUT2D eigenvalue weighted by Gasteiger charge is -2.29. The summed E-state index contributed by atoms with van der Waals surface area (Å²) >= 11 is 0. The largest absolute Gasteiger partial charge is 0.508 e. The summed E-state index contributed by atoms with van der Waals surface area (Å²) in [5.74, 6) is 0.00916. The van der Waals surface area contributed by atoms with Gasteiger partial charge < -0.3 is 15.5 Å². The van der Waals surface area contributed by atoms with E-state index in [-0.39, 0.29) is 18.2 Å². The van der Waals surface area contributed by atoms with Crippen molar-refractivity contribution in [2.75, 3.05) is 6.54 Å². The van der Waals surface area contributed by atoms with Gasteiger partial charge >= 0.3 is 0 Å². The molecule has 1 unspecified atom stereocenters. The molecule has 0 aliphatic carbocycles. The molecule has 0 fully saturated rings. The van der Waals surface area contributed by atoms with Gasteiger partial charge in [0.05, 0.1) is 6.54 Å². The lowest BCUT2D eigenvalue weighted by molar-refractivity contribution is -0.121. The molecule has 2 aromatic carbocycles. The van der Waals surface area contributed by atoms with Crippen molar-refractivity contribution in [1.82, 2.24) is 5.32 Å². The molecule has 1 atom stereocenters. The Labute approximate surface area is 124 Å². The van der Waals surface area contributed by atoms with Gasteiger partial charge in [-0.05, 0) is 23.3 Å². The third kappa shape index (κ3) is 3.41. The SMILES string of the molecule is CCC(=O)NCC(O)(c1ccccc1)c1ccc(O)cc1. The smallest absolute Gasteiger partial charge is 0.219 e. The van der Waals surface area contributed by atoms with Crippen molar-refractivity contribution in [2.45, 2.75) is 18.9 Å². The summed E-state index contributed by atoms with van der Waals surface area (Å²) in [6.07, 6.45) is 0.362. The van der Waals surface area contributed by atoms with Crippen LogP contribution in [-0.4, -0.2) is 22.7 Å². The molecule has 21 heavy (non-hydrogen) atoms. The molecule has 0 bridgehead atoms. The Bertz CT molecular complexity index is 595. The zero-order valence-corrected chi connectivity index (χ0v) is 11.9. The van der Waals surface area contributed by atoms with E-state index < -0.39 is 5.60 Å². The van der Waals surface area contributed by atoms with Gasteiger partial charge in [0, 0.05) is 6.42 Å². The number of aromatic hydroxyl groups is 1. The third-order valence-electron chi connectivity index (χ3n) is 3.46. The van der Waals surface area contributed by atoms with Gasteiger partial charge in [0.2, 0.25) is 5.91 Å². The number of benzene rings is 2. The number of carbonyl (C=O) groups excluding carboxylic acids is 1. The number of amides is 1. The standard InChI is InChI=1S/C17H19NO3/c1-2-16(20)18-12-17(21,13-6-4-3-5-7-13)14-8-10-15(19)11-9-14/h3-11,19,21H,2,12H2,1H3,(H,18,20). The maximum atomic E-state index is 11.5. The van der Waals surface area contributed by atoms with Crippen molar-refractivity contribution in [3.05, 3.63) is 65.7 Å². The second kappa shape index (κ2) is 6.41. The Morgan fingerprint density at radius 1 is 1.05 bits per heavy atom. The topological polar surface area (TPSA) is 69.6 Å². The normalized spacial score (nSPS) is 13.4. The van der Waals surface area contributed by atoms with Gasteiger partial charge in [-0.25, -0.2) is 0 Å². The van der Waals surface area contributed by atoms with Gasteiger partial charge in [0.25, 0.3) is 0 Å². The van der Waals surface area contributed by atoms with E-state index >= 15 is 0 Å². The molecular weight excluding hydrogens is 266 g/mol. The van der Waals surface area contributed by atoms with Gasteiger partial charge in [0.1, 0.15) is 11.4 Å². The highest BCUT2D eigenvalue weighted by atomic mass is 16.3. The molecule has 110 valence electrons. The molecule has 4 heteroatoms. The molecule has 0 saturated carbocycles. The van der Waals surface area contributed by atoms with Crippen LogP contribution in [0.3, 0.4) is 0 Å².